The first-order chi connectivity index (χ1) is 10.1. The van der Waals surface area contributed by atoms with Crippen molar-refractivity contribution in [3.8, 4) is 0 Å². The Labute approximate surface area is 129 Å². The number of hydrogen-bond donors (Lipinski definition) is 1. The second-order valence-electron chi connectivity index (χ2n) is 6.60. The quantitative estimate of drug-likeness (QED) is 0.799. The lowest BCUT2D eigenvalue weighted by Crippen LogP contribution is -2.51. The maximum Gasteiger partial charge on any atom is 0.0765 e. The summed E-state index contributed by atoms with van der Waals surface area (Å²) in [5.41, 5.74) is 7.56. The Hall–Kier alpha value is -0.870. The van der Waals surface area contributed by atoms with E-state index in [0.29, 0.717) is 6.04 Å². The number of rotatable bonds is 8. The lowest BCUT2D eigenvalue weighted by molar-refractivity contribution is 0.0886. The van der Waals surface area contributed by atoms with Crippen molar-refractivity contribution in [2.24, 2.45) is 5.73 Å². The molecule has 1 atom stereocenters. The molecule has 4 nitrogen and oxygen atoms in total. The Balaban J connectivity index is 2.10. The molecular formula is C17H32N4. The first-order valence-corrected chi connectivity index (χ1v) is 8.64. The van der Waals surface area contributed by atoms with Crippen LogP contribution >= 0.6 is 0 Å². The van der Waals surface area contributed by atoms with Gasteiger partial charge in [0.05, 0.1) is 5.69 Å². The Kier molecular flexibility index (Phi) is 5.82. The summed E-state index contributed by atoms with van der Waals surface area (Å²) in [5.74, 6) is 0. The van der Waals surface area contributed by atoms with Crippen LogP contribution in [0.25, 0.3) is 0 Å². The predicted octanol–water partition coefficient (Wildman–Crippen LogP) is 3.34. The molecule has 0 radical (unpaired) electrons. The van der Waals surface area contributed by atoms with E-state index in [9.17, 15) is 0 Å². The monoisotopic (exact) mass is 292 g/mol. The van der Waals surface area contributed by atoms with Gasteiger partial charge >= 0.3 is 0 Å². The fourth-order valence-corrected chi connectivity index (χ4v) is 3.53. The molecule has 0 amide bonds. The topological polar surface area (TPSA) is 47.1 Å². The first-order valence-electron chi connectivity index (χ1n) is 8.64. The van der Waals surface area contributed by atoms with Gasteiger partial charge < -0.3 is 5.73 Å². The van der Waals surface area contributed by atoms with Crippen LogP contribution in [0.2, 0.25) is 0 Å². The normalized spacial score (nSPS) is 19.3. The maximum atomic E-state index is 6.16. The first kappa shape index (κ1) is 16.5. The third-order valence-electron chi connectivity index (χ3n) is 5.14. The molecule has 0 saturated heterocycles. The summed E-state index contributed by atoms with van der Waals surface area (Å²) in [7, 11) is 0. The molecule has 0 aliphatic heterocycles. The van der Waals surface area contributed by atoms with Crippen LogP contribution in [-0.4, -0.2) is 33.3 Å². The minimum Gasteiger partial charge on any atom is -0.329 e. The summed E-state index contributed by atoms with van der Waals surface area (Å²) in [4.78, 5) is 2.60. The van der Waals surface area contributed by atoms with Crippen molar-refractivity contribution in [2.75, 3.05) is 13.1 Å². The molecule has 1 fully saturated rings. The minimum atomic E-state index is 0.218. The number of aromatic nitrogens is 2. The predicted molar refractivity (Wildman–Crippen MR) is 88.2 cm³/mol. The average molecular weight is 292 g/mol. The number of nitrogens with zero attached hydrogens (tertiary/aromatic N) is 3. The van der Waals surface area contributed by atoms with Gasteiger partial charge in [-0.15, -0.1) is 0 Å². The molecule has 0 aromatic carbocycles. The van der Waals surface area contributed by atoms with Crippen molar-refractivity contribution in [2.45, 2.75) is 77.4 Å². The van der Waals surface area contributed by atoms with Gasteiger partial charge in [-0.1, -0.05) is 26.7 Å². The van der Waals surface area contributed by atoms with Crippen LogP contribution in [0.1, 0.15) is 71.0 Å². The molecule has 21 heavy (non-hydrogen) atoms. The Bertz CT molecular complexity index is 420. The van der Waals surface area contributed by atoms with Crippen LogP contribution in [0.15, 0.2) is 12.3 Å². The summed E-state index contributed by atoms with van der Waals surface area (Å²) < 4.78 is 2.10. The summed E-state index contributed by atoms with van der Waals surface area (Å²) in [6, 6.07) is 2.65. The summed E-state index contributed by atoms with van der Waals surface area (Å²) >= 11 is 0. The third-order valence-corrected chi connectivity index (χ3v) is 5.14. The second kappa shape index (κ2) is 7.41. The standard InChI is InChI=1S/C17H32N4/c1-4-11-20(17(14-18)9-6-7-10-17)13-16-8-12-21(19-16)15(3)5-2/h8,12,15H,4-7,9-11,13-14,18H2,1-3H3. The molecule has 1 heterocycles. The van der Waals surface area contributed by atoms with Crippen molar-refractivity contribution in [3.63, 3.8) is 0 Å². The van der Waals surface area contributed by atoms with E-state index in [1.807, 2.05) is 0 Å². The zero-order chi connectivity index (χ0) is 15.3. The van der Waals surface area contributed by atoms with E-state index in [0.717, 1.165) is 26.1 Å². The highest BCUT2D eigenvalue weighted by Gasteiger charge is 2.38. The van der Waals surface area contributed by atoms with Gasteiger partial charge in [-0.3, -0.25) is 9.58 Å². The van der Waals surface area contributed by atoms with Crippen LogP contribution in [0.4, 0.5) is 0 Å². The molecule has 1 aromatic heterocycles. The molecule has 0 bridgehead atoms. The second-order valence-corrected chi connectivity index (χ2v) is 6.60. The van der Waals surface area contributed by atoms with Crippen molar-refractivity contribution in [3.05, 3.63) is 18.0 Å². The van der Waals surface area contributed by atoms with E-state index < -0.39 is 0 Å². The third kappa shape index (κ3) is 3.67. The van der Waals surface area contributed by atoms with Gasteiger partial charge in [0.15, 0.2) is 0 Å². The smallest absolute Gasteiger partial charge is 0.0765 e. The van der Waals surface area contributed by atoms with Crippen LogP contribution in [0.5, 0.6) is 0 Å². The number of hydrogen-bond acceptors (Lipinski definition) is 3. The van der Waals surface area contributed by atoms with Crippen LogP contribution in [-0.2, 0) is 6.54 Å². The molecule has 1 aromatic rings. The van der Waals surface area contributed by atoms with Gasteiger partial charge in [0.1, 0.15) is 0 Å². The van der Waals surface area contributed by atoms with Crippen LogP contribution in [0, 0.1) is 0 Å². The zero-order valence-corrected chi connectivity index (χ0v) is 14.0. The lowest BCUT2D eigenvalue weighted by atomic mass is 9.94. The lowest BCUT2D eigenvalue weighted by Gasteiger charge is -2.40. The molecular weight excluding hydrogens is 260 g/mol. The van der Waals surface area contributed by atoms with Crippen LogP contribution < -0.4 is 5.73 Å². The summed E-state index contributed by atoms with van der Waals surface area (Å²) in [6.45, 7) is 9.52. The largest absolute Gasteiger partial charge is 0.329 e. The van der Waals surface area contributed by atoms with E-state index >= 15 is 0 Å². The van der Waals surface area contributed by atoms with Gasteiger partial charge in [0.25, 0.3) is 0 Å². The van der Waals surface area contributed by atoms with Gasteiger partial charge in [0.2, 0.25) is 0 Å². The average Bonchev–Trinajstić information content (AvgIpc) is 3.15. The van der Waals surface area contributed by atoms with Gasteiger partial charge in [0, 0.05) is 30.9 Å². The minimum absolute atomic E-state index is 0.218. The Morgan fingerprint density at radius 3 is 2.67 bits per heavy atom. The molecule has 1 saturated carbocycles. The van der Waals surface area contributed by atoms with Crippen molar-refractivity contribution >= 4 is 0 Å². The van der Waals surface area contributed by atoms with Crippen molar-refractivity contribution in [1.82, 2.24) is 14.7 Å². The SMILES string of the molecule is CCCN(Cc1ccn(C(C)CC)n1)C1(CN)CCCC1. The van der Waals surface area contributed by atoms with E-state index in [1.165, 1.54) is 37.8 Å². The fraction of sp³-hybridized carbons (Fsp3) is 0.824. The molecule has 1 unspecified atom stereocenters. The molecule has 1 aliphatic rings. The summed E-state index contributed by atoms with van der Waals surface area (Å²) in [5, 5.41) is 4.77. The molecule has 2 N–H and O–H groups in total. The number of nitrogens with two attached hydrogens (primary N) is 1. The highest BCUT2D eigenvalue weighted by molar-refractivity contribution is 5.04. The molecule has 2 rings (SSSR count). The van der Waals surface area contributed by atoms with Crippen molar-refractivity contribution < 1.29 is 0 Å². The van der Waals surface area contributed by atoms with E-state index in [-0.39, 0.29) is 5.54 Å². The van der Waals surface area contributed by atoms with Gasteiger partial charge in [-0.2, -0.15) is 5.10 Å². The zero-order valence-electron chi connectivity index (χ0n) is 14.0. The fourth-order valence-electron chi connectivity index (χ4n) is 3.53. The Morgan fingerprint density at radius 2 is 2.10 bits per heavy atom. The van der Waals surface area contributed by atoms with Crippen LogP contribution in [0.3, 0.4) is 0 Å². The molecule has 4 heteroatoms. The van der Waals surface area contributed by atoms with E-state index in [2.05, 4.69) is 42.6 Å². The van der Waals surface area contributed by atoms with Gasteiger partial charge in [-0.05, 0) is 45.2 Å². The molecule has 120 valence electrons. The molecule has 1 aliphatic carbocycles. The highest BCUT2D eigenvalue weighted by atomic mass is 15.3. The maximum absolute atomic E-state index is 6.16. The highest BCUT2D eigenvalue weighted by Crippen LogP contribution is 2.35. The van der Waals surface area contributed by atoms with E-state index in [4.69, 9.17) is 10.8 Å². The van der Waals surface area contributed by atoms with Crippen molar-refractivity contribution in [1.29, 1.82) is 0 Å². The summed E-state index contributed by atoms with van der Waals surface area (Å²) in [6.07, 6.45) is 9.54. The van der Waals surface area contributed by atoms with Gasteiger partial charge in [-0.25, -0.2) is 0 Å². The van der Waals surface area contributed by atoms with E-state index in [1.54, 1.807) is 0 Å². The molecule has 0 spiro atoms. The Morgan fingerprint density at radius 1 is 1.38 bits per heavy atom.